The normalized spacial score (nSPS) is 15.7. The van der Waals surface area contributed by atoms with Gasteiger partial charge in [-0.25, -0.2) is 0 Å². The van der Waals surface area contributed by atoms with Crippen molar-refractivity contribution in [3.63, 3.8) is 0 Å². The van der Waals surface area contributed by atoms with E-state index in [0.29, 0.717) is 0 Å². The van der Waals surface area contributed by atoms with Gasteiger partial charge in [0.25, 0.3) is 0 Å². The smallest absolute Gasteiger partial charge is 0.0505 e. The highest BCUT2D eigenvalue weighted by molar-refractivity contribution is 5.80. The molecule has 0 atom stereocenters. The molecule has 1 heterocycles. The van der Waals surface area contributed by atoms with Gasteiger partial charge in [-0.2, -0.15) is 0 Å². The molecule has 0 saturated heterocycles. The van der Waals surface area contributed by atoms with Gasteiger partial charge in [-0.15, -0.1) is 0 Å². The van der Waals surface area contributed by atoms with Gasteiger partial charge in [0.1, 0.15) is 0 Å². The summed E-state index contributed by atoms with van der Waals surface area (Å²) in [7, 11) is 0. The summed E-state index contributed by atoms with van der Waals surface area (Å²) in [5.41, 5.74) is 6.36. The van der Waals surface area contributed by atoms with E-state index in [-0.39, 0.29) is 5.54 Å². The highest BCUT2D eigenvalue weighted by Gasteiger charge is 2.22. The number of rotatable bonds is 3. The molecular weight excluding hydrogens is 256 g/mol. The molecule has 0 bridgehead atoms. The summed E-state index contributed by atoms with van der Waals surface area (Å²) in [6.07, 6.45) is 2.30. The van der Waals surface area contributed by atoms with Crippen molar-refractivity contribution in [2.75, 3.05) is 10.6 Å². The van der Waals surface area contributed by atoms with E-state index >= 15 is 0 Å². The maximum atomic E-state index is 3.57. The number of allylic oxidation sites excluding steroid dienone is 1. The lowest BCUT2D eigenvalue weighted by molar-refractivity contribution is 0.707. The molecule has 0 radical (unpaired) electrons. The number of nitrogens with one attached hydrogen (secondary N) is 2. The standard InChI is InChI=1S/C19H22N2/c1-14-12-19(2,3)21-18-10-9-15(11-17(14)18)13-20-16-7-5-4-6-8-16/h4-12,20-21H,13H2,1-3H3. The minimum absolute atomic E-state index is 0.0287. The second-order valence-electron chi connectivity index (χ2n) is 6.27. The lowest BCUT2D eigenvalue weighted by Crippen LogP contribution is -2.31. The fourth-order valence-electron chi connectivity index (χ4n) is 2.90. The molecule has 0 aliphatic carbocycles. The van der Waals surface area contributed by atoms with E-state index in [0.717, 1.165) is 12.2 Å². The average molecular weight is 278 g/mol. The van der Waals surface area contributed by atoms with Crippen LogP contribution < -0.4 is 10.6 Å². The maximum Gasteiger partial charge on any atom is 0.0505 e. The van der Waals surface area contributed by atoms with Crippen LogP contribution in [0.3, 0.4) is 0 Å². The highest BCUT2D eigenvalue weighted by atomic mass is 15.0. The van der Waals surface area contributed by atoms with Crippen molar-refractivity contribution < 1.29 is 0 Å². The summed E-state index contributed by atoms with van der Waals surface area (Å²) < 4.78 is 0. The van der Waals surface area contributed by atoms with E-state index in [2.05, 4.69) is 67.8 Å². The highest BCUT2D eigenvalue weighted by Crippen LogP contribution is 2.34. The molecule has 0 spiro atoms. The number of benzene rings is 2. The quantitative estimate of drug-likeness (QED) is 0.834. The number of fused-ring (bicyclic) bond motifs is 1. The molecule has 2 aromatic carbocycles. The van der Waals surface area contributed by atoms with Crippen molar-refractivity contribution in [3.8, 4) is 0 Å². The van der Waals surface area contributed by atoms with E-state index in [9.17, 15) is 0 Å². The van der Waals surface area contributed by atoms with Crippen molar-refractivity contribution in [1.82, 2.24) is 0 Å². The topological polar surface area (TPSA) is 24.1 Å². The number of anilines is 2. The van der Waals surface area contributed by atoms with E-state index in [4.69, 9.17) is 0 Å². The molecule has 0 fully saturated rings. The molecule has 2 nitrogen and oxygen atoms in total. The first-order valence-electron chi connectivity index (χ1n) is 7.43. The van der Waals surface area contributed by atoms with Crippen molar-refractivity contribution in [1.29, 1.82) is 0 Å². The minimum Gasteiger partial charge on any atom is -0.381 e. The second-order valence-corrected chi connectivity index (χ2v) is 6.27. The molecule has 0 amide bonds. The largest absolute Gasteiger partial charge is 0.381 e. The molecule has 1 aliphatic rings. The second kappa shape index (κ2) is 5.28. The SMILES string of the molecule is CC1=CC(C)(C)Nc2ccc(CNc3ccccc3)cc21. The Hall–Kier alpha value is -2.22. The van der Waals surface area contributed by atoms with Crippen LogP contribution in [0.4, 0.5) is 11.4 Å². The van der Waals surface area contributed by atoms with Gasteiger partial charge in [-0.1, -0.05) is 30.3 Å². The van der Waals surface area contributed by atoms with Crippen LogP contribution in [-0.4, -0.2) is 5.54 Å². The lowest BCUT2D eigenvalue weighted by Gasteiger charge is -2.31. The number of hydrogen-bond donors (Lipinski definition) is 2. The Balaban J connectivity index is 1.79. The zero-order valence-electron chi connectivity index (χ0n) is 12.9. The summed E-state index contributed by atoms with van der Waals surface area (Å²) >= 11 is 0. The fraction of sp³-hybridized carbons (Fsp3) is 0.263. The summed E-state index contributed by atoms with van der Waals surface area (Å²) in [5.74, 6) is 0. The average Bonchev–Trinajstić information content (AvgIpc) is 2.45. The van der Waals surface area contributed by atoms with Crippen molar-refractivity contribution in [2.45, 2.75) is 32.9 Å². The molecule has 3 rings (SSSR count). The van der Waals surface area contributed by atoms with Crippen LogP contribution in [0.15, 0.2) is 54.6 Å². The molecule has 2 aromatic rings. The maximum absolute atomic E-state index is 3.57. The van der Waals surface area contributed by atoms with Gasteiger partial charge in [0.15, 0.2) is 0 Å². The lowest BCUT2D eigenvalue weighted by atomic mass is 9.90. The summed E-state index contributed by atoms with van der Waals surface area (Å²) in [4.78, 5) is 0. The van der Waals surface area contributed by atoms with Crippen molar-refractivity contribution in [2.24, 2.45) is 0 Å². The molecule has 0 saturated carbocycles. The first-order valence-corrected chi connectivity index (χ1v) is 7.43. The molecule has 21 heavy (non-hydrogen) atoms. The minimum atomic E-state index is 0.0287. The van der Waals surface area contributed by atoms with E-state index in [1.54, 1.807) is 0 Å². The van der Waals surface area contributed by atoms with Crippen molar-refractivity contribution in [3.05, 3.63) is 65.7 Å². The van der Waals surface area contributed by atoms with Crippen LogP contribution in [0, 0.1) is 0 Å². The van der Waals surface area contributed by atoms with Crippen LogP contribution >= 0.6 is 0 Å². The Morgan fingerprint density at radius 3 is 2.57 bits per heavy atom. The zero-order valence-corrected chi connectivity index (χ0v) is 12.9. The van der Waals surface area contributed by atoms with Gasteiger partial charge in [-0.05, 0) is 56.2 Å². The Labute approximate surface area is 126 Å². The molecule has 2 N–H and O–H groups in total. The first kappa shape index (κ1) is 13.7. The van der Waals surface area contributed by atoms with E-state index in [1.165, 1.54) is 22.4 Å². The van der Waals surface area contributed by atoms with Gasteiger partial charge >= 0.3 is 0 Å². The Morgan fingerprint density at radius 1 is 1.05 bits per heavy atom. The predicted octanol–water partition coefficient (Wildman–Crippen LogP) is 4.91. The van der Waals surface area contributed by atoms with Crippen LogP contribution in [0.1, 0.15) is 31.9 Å². The number of para-hydroxylation sites is 1. The molecule has 0 aromatic heterocycles. The Bertz CT molecular complexity index is 669. The van der Waals surface area contributed by atoms with E-state index in [1.807, 2.05) is 18.2 Å². The van der Waals surface area contributed by atoms with Gasteiger partial charge in [0.05, 0.1) is 5.54 Å². The molecule has 0 unspecified atom stereocenters. The molecule has 2 heteroatoms. The van der Waals surface area contributed by atoms with Crippen LogP contribution in [0.5, 0.6) is 0 Å². The van der Waals surface area contributed by atoms with Gasteiger partial charge in [0.2, 0.25) is 0 Å². The third-order valence-electron chi connectivity index (χ3n) is 3.81. The molecular formula is C19H22N2. The summed E-state index contributed by atoms with van der Waals surface area (Å²) in [6.45, 7) is 7.43. The van der Waals surface area contributed by atoms with Crippen LogP contribution in [-0.2, 0) is 6.54 Å². The fourth-order valence-corrected chi connectivity index (χ4v) is 2.90. The van der Waals surface area contributed by atoms with Gasteiger partial charge < -0.3 is 10.6 Å². The Kier molecular flexibility index (Phi) is 3.46. The predicted molar refractivity (Wildman–Crippen MR) is 91.6 cm³/mol. The van der Waals surface area contributed by atoms with Gasteiger partial charge in [-0.3, -0.25) is 0 Å². The van der Waals surface area contributed by atoms with Crippen molar-refractivity contribution >= 4 is 16.9 Å². The number of hydrogen-bond acceptors (Lipinski definition) is 2. The van der Waals surface area contributed by atoms with E-state index < -0.39 is 0 Å². The van der Waals surface area contributed by atoms with Crippen LogP contribution in [0.2, 0.25) is 0 Å². The third-order valence-corrected chi connectivity index (χ3v) is 3.81. The van der Waals surface area contributed by atoms with Gasteiger partial charge in [0, 0.05) is 23.5 Å². The summed E-state index contributed by atoms with van der Waals surface area (Å²) in [5, 5.41) is 7.03. The van der Waals surface area contributed by atoms with Crippen LogP contribution in [0.25, 0.3) is 5.57 Å². The monoisotopic (exact) mass is 278 g/mol. The molecule has 1 aliphatic heterocycles. The summed E-state index contributed by atoms with van der Waals surface area (Å²) in [6, 6.07) is 17.0. The zero-order chi connectivity index (χ0) is 14.9. The third kappa shape index (κ3) is 3.10. The Morgan fingerprint density at radius 2 is 1.81 bits per heavy atom. The first-order chi connectivity index (χ1) is 10.0. The molecule has 108 valence electrons.